The molecule has 0 atom stereocenters. The molecule has 0 unspecified atom stereocenters. The lowest BCUT2D eigenvalue weighted by molar-refractivity contribution is 0.669. The predicted molar refractivity (Wildman–Crippen MR) is 301 cm³/mol. The molecule has 1 aliphatic rings. The average Bonchev–Trinajstić information content (AvgIpc) is 4.01. The van der Waals surface area contributed by atoms with Gasteiger partial charge in [0.15, 0.2) is 11.2 Å². The first-order valence-corrected chi connectivity index (χ1v) is 27.4. The molecule has 0 bridgehead atoms. The van der Waals surface area contributed by atoms with Gasteiger partial charge in [0, 0.05) is 43.7 Å². The first-order chi connectivity index (χ1) is 35.0. The van der Waals surface area contributed by atoms with Crippen LogP contribution in [0.4, 0.5) is 34.1 Å². The smallest absolute Gasteiger partial charge is 0.159 e. The highest BCUT2D eigenvalue weighted by atomic mass is 28.3. The van der Waals surface area contributed by atoms with Crippen LogP contribution in [0.5, 0.6) is 0 Å². The van der Waals surface area contributed by atoms with E-state index in [-0.39, 0.29) is 0 Å². The van der Waals surface area contributed by atoms with Crippen molar-refractivity contribution in [3.8, 4) is 33.4 Å². The van der Waals surface area contributed by atoms with Crippen molar-refractivity contribution in [2.75, 3.05) is 9.80 Å². The van der Waals surface area contributed by atoms with E-state index in [9.17, 15) is 0 Å². The lowest BCUT2D eigenvalue weighted by Gasteiger charge is -2.37. The van der Waals surface area contributed by atoms with Crippen LogP contribution in [0, 0.1) is 0 Å². The molecular formula is C66H46N2O2Si. The second kappa shape index (κ2) is 16.1. The Morgan fingerprint density at radius 2 is 0.775 bits per heavy atom. The minimum Gasteiger partial charge on any atom is -0.454 e. The van der Waals surface area contributed by atoms with Gasteiger partial charge in [0.1, 0.15) is 19.2 Å². The molecule has 336 valence electrons. The Hall–Kier alpha value is -8.90. The summed E-state index contributed by atoms with van der Waals surface area (Å²) in [5.74, 6) is 0. The summed E-state index contributed by atoms with van der Waals surface area (Å²) < 4.78 is 13.7. The summed E-state index contributed by atoms with van der Waals surface area (Å²) in [5, 5.41) is 9.77. The molecule has 5 heteroatoms. The number of fused-ring (bicyclic) bond motifs is 8. The van der Waals surface area contributed by atoms with Crippen molar-refractivity contribution in [3.63, 3.8) is 0 Å². The molecule has 0 spiro atoms. The lowest BCUT2D eigenvalue weighted by atomic mass is 9.94. The van der Waals surface area contributed by atoms with Crippen molar-refractivity contribution < 1.29 is 8.83 Å². The second-order valence-electron chi connectivity index (χ2n) is 19.2. The van der Waals surface area contributed by atoms with E-state index in [0.29, 0.717) is 0 Å². The van der Waals surface area contributed by atoms with Gasteiger partial charge in [0.05, 0.1) is 28.4 Å². The van der Waals surface area contributed by atoms with Gasteiger partial charge < -0.3 is 18.6 Å². The van der Waals surface area contributed by atoms with Crippen LogP contribution in [0.2, 0.25) is 13.1 Å². The standard InChI is InChI=1S/C66H46N2O2Si/c1-71(2)62-37-19-30-54-57(68(56-32-14-10-25-47(56)44-22-7-4-8-23-44)59-34-18-29-53-49-27-12-16-36-61(49)70-66(53)59)41-40-51(64(54)62)50-39-38-45(42-63(50)71)67(55-31-13-9-24-46(55)43-20-5-3-6-21-43)58-33-17-28-52-48-26-11-15-35-60(48)69-65(52)58/h3-42H,1-2H3. The predicted octanol–water partition coefficient (Wildman–Crippen LogP) is 17.7. The Kier molecular flexibility index (Phi) is 9.32. The third-order valence-electron chi connectivity index (χ3n) is 14.9. The summed E-state index contributed by atoms with van der Waals surface area (Å²) in [6, 6.07) is 87.8. The van der Waals surface area contributed by atoms with Gasteiger partial charge in [-0.15, -0.1) is 0 Å². The highest BCUT2D eigenvalue weighted by Crippen LogP contribution is 2.50. The molecule has 0 fully saturated rings. The zero-order valence-electron chi connectivity index (χ0n) is 39.3. The monoisotopic (exact) mass is 926 g/mol. The summed E-state index contributed by atoms with van der Waals surface area (Å²) in [5.41, 5.74) is 17.0. The first-order valence-electron chi connectivity index (χ1n) is 24.4. The van der Waals surface area contributed by atoms with Gasteiger partial charge in [-0.1, -0.05) is 201 Å². The van der Waals surface area contributed by atoms with Gasteiger partial charge in [-0.2, -0.15) is 0 Å². The van der Waals surface area contributed by atoms with Crippen LogP contribution in [0.1, 0.15) is 0 Å². The van der Waals surface area contributed by atoms with E-state index in [0.717, 1.165) is 100 Å². The zero-order chi connectivity index (χ0) is 47.2. The fourth-order valence-corrected chi connectivity index (χ4v) is 14.7. The van der Waals surface area contributed by atoms with Crippen LogP contribution < -0.4 is 20.2 Å². The molecule has 2 aromatic heterocycles. The maximum absolute atomic E-state index is 6.85. The zero-order valence-corrected chi connectivity index (χ0v) is 40.3. The Balaban J connectivity index is 0.995. The van der Waals surface area contributed by atoms with Crippen molar-refractivity contribution in [3.05, 3.63) is 243 Å². The molecule has 14 rings (SSSR count). The summed E-state index contributed by atoms with van der Waals surface area (Å²) in [7, 11) is -2.43. The third kappa shape index (κ3) is 6.36. The van der Waals surface area contributed by atoms with Gasteiger partial charge in [-0.05, 0) is 92.6 Å². The quantitative estimate of drug-likeness (QED) is 0.142. The highest BCUT2D eigenvalue weighted by molar-refractivity contribution is 7.03. The fraction of sp³-hybridized carbons (Fsp3) is 0.0303. The van der Waals surface area contributed by atoms with Crippen molar-refractivity contribution >= 4 is 107 Å². The van der Waals surface area contributed by atoms with Crippen molar-refractivity contribution in [2.24, 2.45) is 0 Å². The molecule has 13 aromatic rings. The Morgan fingerprint density at radius 3 is 1.39 bits per heavy atom. The van der Waals surface area contributed by atoms with E-state index in [1.807, 2.05) is 12.1 Å². The lowest BCUT2D eigenvalue weighted by Crippen LogP contribution is -2.56. The molecule has 4 nitrogen and oxygen atoms in total. The van der Waals surface area contributed by atoms with Gasteiger partial charge in [-0.25, -0.2) is 0 Å². The van der Waals surface area contributed by atoms with E-state index < -0.39 is 8.07 Å². The van der Waals surface area contributed by atoms with Crippen LogP contribution in [-0.4, -0.2) is 8.07 Å². The highest BCUT2D eigenvalue weighted by Gasteiger charge is 2.37. The Morgan fingerprint density at radius 1 is 0.310 bits per heavy atom. The van der Waals surface area contributed by atoms with Crippen molar-refractivity contribution in [1.82, 2.24) is 0 Å². The molecule has 0 amide bonds. The van der Waals surface area contributed by atoms with Crippen LogP contribution >= 0.6 is 0 Å². The SMILES string of the molecule is C[Si]1(C)c2cc(N(c3ccccc3-c3ccccc3)c3cccc4c3oc3ccccc34)ccc2-c2ccc(N(c3ccccc3-c3ccccc3)c3cccc4c3oc3ccccc34)c3cccc1c23. The van der Waals surface area contributed by atoms with Gasteiger partial charge in [0.2, 0.25) is 0 Å². The Bertz CT molecular complexity index is 4230. The number of benzene rings is 11. The summed E-state index contributed by atoms with van der Waals surface area (Å²) >= 11 is 0. The molecule has 0 aliphatic carbocycles. The largest absolute Gasteiger partial charge is 0.454 e. The van der Waals surface area contributed by atoms with Gasteiger partial charge in [0.25, 0.3) is 0 Å². The maximum atomic E-state index is 6.85. The first kappa shape index (κ1) is 41.1. The maximum Gasteiger partial charge on any atom is 0.159 e. The van der Waals surface area contributed by atoms with Gasteiger partial charge in [-0.3, -0.25) is 0 Å². The number of hydrogen-bond acceptors (Lipinski definition) is 4. The van der Waals surface area contributed by atoms with Crippen LogP contribution in [0.25, 0.3) is 88.0 Å². The molecule has 0 radical (unpaired) electrons. The number of anilines is 6. The molecule has 0 saturated carbocycles. The number of rotatable bonds is 8. The van der Waals surface area contributed by atoms with Crippen LogP contribution in [0.15, 0.2) is 251 Å². The third-order valence-corrected chi connectivity index (χ3v) is 18.4. The van der Waals surface area contributed by atoms with E-state index in [4.69, 9.17) is 8.83 Å². The molecule has 0 saturated heterocycles. The second-order valence-corrected chi connectivity index (χ2v) is 23.5. The number of hydrogen-bond donors (Lipinski definition) is 0. The molecule has 71 heavy (non-hydrogen) atoms. The van der Waals surface area contributed by atoms with E-state index in [1.165, 1.54) is 32.3 Å². The molecule has 3 heterocycles. The van der Waals surface area contributed by atoms with E-state index >= 15 is 0 Å². The van der Waals surface area contributed by atoms with Crippen molar-refractivity contribution in [1.29, 1.82) is 0 Å². The van der Waals surface area contributed by atoms with E-state index in [2.05, 4.69) is 253 Å². The minimum absolute atomic E-state index is 0.862. The minimum atomic E-state index is -2.43. The van der Waals surface area contributed by atoms with Crippen molar-refractivity contribution in [2.45, 2.75) is 13.1 Å². The summed E-state index contributed by atoms with van der Waals surface area (Å²) in [4.78, 5) is 4.88. The normalized spacial score (nSPS) is 12.8. The van der Waals surface area contributed by atoms with Crippen LogP contribution in [-0.2, 0) is 0 Å². The molecule has 1 aliphatic heterocycles. The van der Waals surface area contributed by atoms with E-state index in [1.54, 1.807) is 0 Å². The number of nitrogens with zero attached hydrogens (tertiary/aromatic N) is 2. The number of para-hydroxylation sites is 6. The average molecular weight is 927 g/mol. The van der Waals surface area contributed by atoms with Gasteiger partial charge >= 0.3 is 0 Å². The molecule has 11 aromatic carbocycles. The fourth-order valence-electron chi connectivity index (χ4n) is 11.6. The topological polar surface area (TPSA) is 32.8 Å². The summed E-state index contributed by atoms with van der Waals surface area (Å²) in [6.45, 7) is 5.06. The summed E-state index contributed by atoms with van der Waals surface area (Å²) in [6.07, 6.45) is 0. The van der Waals surface area contributed by atoms with Crippen LogP contribution in [0.3, 0.4) is 0 Å². The molecule has 0 N–H and O–H groups in total. The number of furan rings is 2. The Labute approximate surface area is 412 Å². The molecular weight excluding hydrogens is 881 g/mol.